The fourth-order valence-electron chi connectivity index (χ4n) is 1.61. The van der Waals surface area contributed by atoms with Gasteiger partial charge in [0, 0.05) is 6.54 Å². The predicted molar refractivity (Wildman–Crippen MR) is 77.9 cm³/mol. The highest BCUT2D eigenvalue weighted by atomic mass is 16.5. The highest BCUT2D eigenvalue weighted by molar-refractivity contribution is 5.92. The molecule has 0 aliphatic heterocycles. The van der Waals surface area contributed by atoms with Crippen LogP contribution in [0.3, 0.4) is 0 Å². The van der Waals surface area contributed by atoms with Crippen LogP contribution in [0.25, 0.3) is 0 Å². The maximum atomic E-state index is 11.6. The van der Waals surface area contributed by atoms with Gasteiger partial charge < -0.3 is 19.9 Å². The molecular weight excluding hydrogens is 274 g/mol. The lowest BCUT2D eigenvalue weighted by Crippen LogP contribution is -2.32. The minimum Gasteiger partial charge on any atom is -0.490 e. The molecule has 0 saturated heterocycles. The fourth-order valence-corrected chi connectivity index (χ4v) is 1.61. The third-order valence-corrected chi connectivity index (χ3v) is 2.56. The molecule has 1 aromatic carbocycles. The van der Waals surface area contributed by atoms with Crippen LogP contribution < -0.4 is 14.8 Å². The second-order valence-corrected chi connectivity index (χ2v) is 4.86. The van der Waals surface area contributed by atoms with Gasteiger partial charge in [-0.1, -0.05) is 19.9 Å². The lowest BCUT2D eigenvalue weighted by atomic mass is 10.2. The van der Waals surface area contributed by atoms with Crippen molar-refractivity contribution in [1.82, 2.24) is 5.32 Å². The van der Waals surface area contributed by atoms with Crippen molar-refractivity contribution < 1.29 is 24.2 Å². The summed E-state index contributed by atoms with van der Waals surface area (Å²) in [6.07, 6.45) is 0. The fraction of sp³-hybridized carbons (Fsp3) is 0.467. The Morgan fingerprint density at radius 2 is 2.00 bits per heavy atom. The van der Waals surface area contributed by atoms with E-state index in [0.29, 0.717) is 24.8 Å². The number of carboxylic acids is 1. The van der Waals surface area contributed by atoms with E-state index in [4.69, 9.17) is 14.6 Å². The average Bonchev–Trinajstić information content (AvgIpc) is 2.43. The Balaban J connectivity index is 2.80. The molecular formula is C15H21NO5. The molecule has 0 unspecified atom stereocenters. The number of carbonyl (C=O) groups excluding carboxylic acids is 1. The Bertz CT molecular complexity index is 499. The van der Waals surface area contributed by atoms with Crippen LogP contribution in [0, 0.1) is 5.92 Å². The van der Waals surface area contributed by atoms with Crippen LogP contribution in [0.2, 0.25) is 0 Å². The first-order valence-corrected chi connectivity index (χ1v) is 6.84. The zero-order valence-corrected chi connectivity index (χ0v) is 12.5. The van der Waals surface area contributed by atoms with Crippen LogP contribution >= 0.6 is 0 Å². The molecule has 0 fully saturated rings. The first-order valence-electron chi connectivity index (χ1n) is 6.84. The number of aromatic carboxylic acids is 1. The summed E-state index contributed by atoms with van der Waals surface area (Å²) >= 11 is 0. The van der Waals surface area contributed by atoms with Gasteiger partial charge in [-0.2, -0.15) is 0 Å². The number of benzene rings is 1. The van der Waals surface area contributed by atoms with E-state index in [1.54, 1.807) is 19.1 Å². The van der Waals surface area contributed by atoms with Gasteiger partial charge in [0.25, 0.3) is 5.91 Å². The van der Waals surface area contributed by atoms with E-state index < -0.39 is 5.97 Å². The Labute approximate surface area is 124 Å². The van der Waals surface area contributed by atoms with Crippen LogP contribution in [-0.4, -0.2) is 36.7 Å². The van der Waals surface area contributed by atoms with Crippen LogP contribution in [-0.2, 0) is 4.79 Å². The number of ether oxygens (including phenoxy) is 2. The van der Waals surface area contributed by atoms with Gasteiger partial charge in [-0.05, 0) is 25.0 Å². The highest BCUT2D eigenvalue weighted by Gasteiger charge is 2.17. The van der Waals surface area contributed by atoms with Gasteiger partial charge in [-0.15, -0.1) is 0 Å². The number of rotatable bonds is 8. The van der Waals surface area contributed by atoms with Gasteiger partial charge in [-0.25, -0.2) is 4.79 Å². The summed E-state index contributed by atoms with van der Waals surface area (Å²) in [5.74, 6) is -0.708. The molecule has 0 aliphatic rings. The largest absolute Gasteiger partial charge is 0.490 e. The standard InChI is InChI=1S/C15H21NO5/c1-4-20-12-7-5-6-11(15(18)19)14(12)21-9-13(17)16-8-10(2)3/h5-7,10H,4,8-9H2,1-3H3,(H,16,17)(H,18,19). The zero-order valence-electron chi connectivity index (χ0n) is 12.5. The molecule has 0 aliphatic carbocycles. The molecule has 1 amide bonds. The molecule has 6 heteroatoms. The first-order chi connectivity index (χ1) is 9.95. The van der Waals surface area contributed by atoms with E-state index >= 15 is 0 Å². The minimum absolute atomic E-state index is 0.0300. The third-order valence-electron chi connectivity index (χ3n) is 2.56. The van der Waals surface area contributed by atoms with Crippen LogP contribution in [0.5, 0.6) is 11.5 Å². The van der Waals surface area contributed by atoms with Crippen LogP contribution in [0.15, 0.2) is 18.2 Å². The van der Waals surface area contributed by atoms with E-state index in [1.165, 1.54) is 6.07 Å². The summed E-state index contributed by atoms with van der Waals surface area (Å²) in [7, 11) is 0. The van der Waals surface area contributed by atoms with E-state index in [0.717, 1.165) is 0 Å². The van der Waals surface area contributed by atoms with Crippen molar-refractivity contribution in [2.45, 2.75) is 20.8 Å². The summed E-state index contributed by atoms with van der Waals surface area (Å²) in [5.41, 5.74) is -0.0300. The van der Waals surface area contributed by atoms with Crippen molar-refractivity contribution in [3.8, 4) is 11.5 Å². The molecule has 1 rings (SSSR count). The Morgan fingerprint density at radius 3 is 2.57 bits per heavy atom. The number of nitrogens with one attached hydrogen (secondary N) is 1. The number of para-hydroxylation sites is 1. The van der Waals surface area contributed by atoms with Gasteiger partial charge in [0.1, 0.15) is 5.56 Å². The van der Waals surface area contributed by atoms with Gasteiger partial charge in [0.05, 0.1) is 6.61 Å². The summed E-state index contributed by atoms with van der Waals surface area (Å²) in [6, 6.07) is 4.59. The Hall–Kier alpha value is -2.24. The normalized spacial score (nSPS) is 10.3. The molecule has 1 aromatic rings. The summed E-state index contributed by atoms with van der Waals surface area (Å²) in [6.45, 7) is 6.41. The smallest absolute Gasteiger partial charge is 0.339 e. The van der Waals surface area contributed by atoms with Gasteiger partial charge in [-0.3, -0.25) is 4.79 Å². The highest BCUT2D eigenvalue weighted by Crippen LogP contribution is 2.31. The van der Waals surface area contributed by atoms with Crippen molar-refractivity contribution in [2.75, 3.05) is 19.8 Å². The third kappa shape index (κ3) is 5.33. The maximum Gasteiger partial charge on any atom is 0.339 e. The molecule has 0 bridgehead atoms. The topological polar surface area (TPSA) is 84.9 Å². The molecule has 0 aromatic heterocycles. The number of hydrogen-bond acceptors (Lipinski definition) is 4. The van der Waals surface area contributed by atoms with Gasteiger partial charge in [0.2, 0.25) is 0 Å². The zero-order chi connectivity index (χ0) is 15.8. The number of carbonyl (C=O) groups is 2. The first kappa shape index (κ1) is 16.8. The Kier molecular flexibility index (Phi) is 6.52. The summed E-state index contributed by atoms with van der Waals surface area (Å²) < 4.78 is 10.7. The van der Waals surface area contributed by atoms with Crippen molar-refractivity contribution in [1.29, 1.82) is 0 Å². The second-order valence-electron chi connectivity index (χ2n) is 4.86. The van der Waals surface area contributed by atoms with Gasteiger partial charge in [0.15, 0.2) is 18.1 Å². The van der Waals surface area contributed by atoms with Gasteiger partial charge >= 0.3 is 5.97 Å². The molecule has 21 heavy (non-hydrogen) atoms. The summed E-state index contributed by atoms with van der Waals surface area (Å²) in [4.78, 5) is 22.8. The van der Waals surface area contributed by atoms with Crippen LogP contribution in [0.4, 0.5) is 0 Å². The lowest BCUT2D eigenvalue weighted by Gasteiger charge is -2.14. The van der Waals surface area contributed by atoms with E-state index in [-0.39, 0.29) is 23.8 Å². The molecule has 0 saturated carbocycles. The number of carboxylic acid groups (broad SMARTS) is 1. The van der Waals surface area contributed by atoms with E-state index in [1.807, 2.05) is 13.8 Å². The predicted octanol–water partition coefficient (Wildman–Crippen LogP) is 1.93. The maximum absolute atomic E-state index is 11.6. The number of hydrogen-bond donors (Lipinski definition) is 2. The SMILES string of the molecule is CCOc1cccc(C(=O)O)c1OCC(=O)NCC(C)C. The molecule has 116 valence electrons. The molecule has 0 heterocycles. The monoisotopic (exact) mass is 295 g/mol. The van der Waals surface area contributed by atoms with Crippen molar-refractivity contribution in [3.63, 3.8) is 0 Å². The quantitative estimate of drug-likeness (QED) is 0.765. The van der Waals surface area contributed by atoms with Crippen molar-refractivity contribution in [3.05, 3.63) is 23.8 Å². The number of amides is 1. The van der Waals surface area contributed by atoms with Crippen molar-refractivity contribution in [2.24, 2.45) is 5.92 Å². The average molecular weight is 295 g/mol. The molecule has 0 spiro atoms. The molecule has 6 nitrogen and oxygen atoms in total. The van der Waals surface area contributed by atoms with Crippen molar-refractivity contribution >= 4 is 11.9 Å². The minimum atomic E-state index is -1.13. The van der Waals surface area contributed by atoms with E-state index in [2.05, 4.69) is 5.32 Å². The molecule has 0 radical (unpaired) electrons. The molecule has 2 N–H and O–H groups in total. The molecule has 0 atom stereocenters. The second kappa shape index (κ2) is 8.14. The van der Waals surface area contributed by atoms with Crippen LogP contribution in [0.1, 0.15) is 31.1 Å². The lowest BCUT2D eigenvalue weighted by molar-refractivity contribution is -0.123. The Morgan fingerprint density at radius 1 is 1.29 bits per heavy atom. The summed E-state index contributed by atoms with van der Waals surface area (Å²) in [5, 5.41) is 11.9. The van der Waals surface area contributed by atoms with E-state index in [9.17, 15) is 9.59 Å².